The Bertz CT molecular complexity index is 777. The van der Waals surface area contributed by atoms with Gasteiger partial charge >= 0.3 is 0 Å². The average molecular weight is 343 g/mol. The van der Waals surface area contributed by atoms with Gasteiger partial charge in [-0.1, -0.05) is 18.2 Å². The quantitative estimate of drug-likeness (QED) is 0.725. The zero-order valence-electron chi connectivity index (χ0n) is 13.0. The predicted molar refractivity (Wildman–Crippen MR) is 96.3 cm³/mol. The number of thiocarbonyl (C=S) groups is 1. The lowest BCUT2D eigenvalue weighted by atomic mass is 10.2. The van der Waals surface area contributed by atoms with Crippen molar-refractivity contribution in [1.82, 2.24) is 5.32 Å². The first-order chi connectivity index (χ1) is 11.5. The summed E-state index contributed by atoms with van der Waals surface area (Å²) in [6.45, 7) is 2.29. The molecule has 0 aliphatic heterocycles. The summed E-state index contributed by atoms with van der Waals surface area (Å²) < 4.78 is 5.42. The standard InChI is InChI=1S/C17H17N3O3S/c1-2-23-14-9-4-3-8-13(14)16(22)20-17(24)19-12-7-5-6-11(10-12)15(18)21/h3-10H,2H2,1H3,(H2,18,21)(H2,19,20,22,24). The molecule has 124 valence electrons. The predicted octanol–water partition coefficient (Wildman–Crippen LogP) is 2.31. The SMILES string of the molecule is CCOc1ccccc1C(=O)NC(=S)Nc1cccc(C(N)=O)c1. The van der Waals surface area contributed by atoms with E-state index in [2.05, 4.69) is 10.6 Å². The highest BCUT2D eigenvalue weighted by molar-refractivity contribution is 7.80. The van der Waals surface area contributed by atoms with Gasteiger partial charge in [-0.05, 0) is 49.5 Å². The fourth-order valence-corrected chi connectivity index (χ4v) is 2.23. The molecular weight excluding hydrogens is 326 g/mol. The second kappa shape index (κ2) is 8.07. The molecule has 6 nitrogen and oxygen atoms in total. The number of nitrogens with one attached hydrogen (secondary N) is 2. The topological polar surface area (TPSA) is 93.4 Å². The zero-order chi connectivity index (χ0) is 17.5. The van der Waals surface area contributed by atoms with Crippen LogP contribution >= 0.6 is 12.2 Å². The van der Waals surface area contributed by atoms with Crippen LogP contribution in [0.25, 0.3) is 0 Å². The summed E-state index contributed by atoms with van der Waals surface area (Å²) in [6, 6.07) is 13.4. The Hall–Kier alpha value is -2.93. The Morgan fingerprint density at radius 3 is 2.62 bits per heavy atom. The van der Waals surface area contributed by atoms with Crippen LogP contribution in [0.1, 0.15) is 27.6 Å². The molecular formula is C17H17N3O3S. The highest BCUT2D eigenvalue weighted by atomic mass is 32.1. The van der Waals surface area contributed by atoms with E-state index in [-0.39, 0.29) is 11.0 Å². The summed E-state index contributed by atoms with van der Waals surface area (Å²) >= 11 is 5.13. The van der Waals surface area contributed by atoms with Crippen LogP contribution in [0.2, 0.25) is 0 Å². The molecule has 0 atom stereocenters. The molecule has 0 saturated carbocycles. The van der Waals surface area contributed by atoms with E-state index in [1.165, 1.54) is 0 Å². The van der Waals surface area contributed by atoms with Gasteiger partial charge < -0.3 is 15.8 Å². The molecule has 0 aliphatic rings. The second-order valence-corrected chi connectivity index (χ2v) is 5.19. The van der Waals surface area contributed by atoms with Crippen LogP contribution in [-0.4, -0.2) is 23.5 Å². The minimum Gasteiger partial charge on any atom is -0.493 e. The fraction of sp³-hybridized carbons (Fsp3) is 0.118. The monoisotopic (exact) mass is 343 g/mol. The summed E-state index contributed by atoms with van der Waals surface area (Å²) in [5.74, 6) is -0.446. The van der Waals surface area contributed by atoms with E-state index in [0.29, 0.717) is 29.2 Å². The van der Waals surface area contributed by atoms with Crippen molar-refractivity contribution >= 4 is 34.8 Å². The second-order valence-electron chi connectivity index (χ2n) is 4.78. The molecule has 2 rings (SSSR count). The Kier molecular flexibility index (Phi) is 5.86. The highest BCUT2D eigenvalue weighted by Crippen LogP contribution is 2.17. The number of hydrogen-bond donors (Lipinski definition) is 3. The zero-order valence-corrected chi connectivity index (χ0v) is 13.9. The number of hydrogen-bond acceptors (Lipinski definition) is 4. The van der Waals surface area contributed by atoms with Gasteiger partial charge in [0.15, 0.2) is 5.11 Å². The molecule has 0 saturated heterocycles. The molecule has 0 unspecified atom stereocenters. The number of nitrogens with two attached hydrogens (primary N) is 1. The Labute approximate surface area is 145 Å². The van der Waals surface area contributed by atoms with Crippen LogP contribution in [0.15, 0.2) is 48.5 Å². The number of carbonyl (C=O) groups excluding carboxylic acids is 2. The van der Waals surface area contributed by atoms with Crippen molar-refractivity contribution in [1.29, 1.82) is 0 Å². The van der Waals surface area contributed by atoms with E-state index in [4.69, 9.17) is 22.7 Å². The Balaban J connectivity index is 2.06. The molecule has 0 radical (unpaired) electrons. The van der Waals surface area contributed by atoms with Gasteiger partial charge in [0, 0.05) is 11.3 Å². The first-order valence-electron chi connectivity index (χ1n) is 7.25. The van der Waals surface area contributed by atoms with Crippen molar-refractivity contribution in [2.75, 3.05) is 11.9 Å². The minimum absolute atomic E-state index is 0.105. The molecule has 7 heteroatoms. The number of para-hydroxylation sites is 1. The van der Waals surface area contributed by atoms with E-state index in [1.807, 2.05) is 6.92 Å². The summed E-state index contributed by atoms with van der Waals surface area (Å²) in [6.07, 6.45) is 0. The number of benzene rings is 2. The van der Waals surface area contributed by atoms with Crippen LogP contribution in [0.5, 0.6) is 5.75 Å². The number of carbonyl (C=O) groups is 2. The van der Waals surface area contributed by atoms with E-state index in [9.17, 15) is 9.59 Å². The lowest BCUT2D eigenvalue weighted by Gasteiger charge is -2.12. The summed E-state index contributed by atoms with van der Waals surface area (Å²) in [4.78, 5) is 23.5. The number of anilines is 1. The minimum atomic E-state index is -0.542. The van der Waals surface area contributed by atoms with Crippen molar-refractivity contribution in [3.63, 3.8) is 0 Å². The molecule has 2 amide bonds. The molecule has 0 fully saturated rings. The maximum absolute atomic E-state index is 12.3. The van der Waals surface area contributed by atoms with Gasteiger partial charge in [-0.25, -0.2) is 0 Å². The van der Waals surface area contributed by atoms with Gasteiger partial charge in [0.25, 0.3) is 5.91 Å². The van der Waals surface area contributed by atoms with Crippen LogP contribution in [0.3, 0.4) is 0 Å². The first-order valence-corrected chi connectivity index (χ1v) is 7.66. The third-order valence-electron chi connectivity index (χ3n) is 3.06. The number of rotatable bonds is 5. The van der Waals surface area contributed by atoms with Gasteiger partial charge in [-0.3, -0.25) is 14.9 Å². The third kappa shape index (κ3) is 4.53. The van der Waals surface area contributed by atoms with Crippen molar-refractivity contribution in [3.8, 4) is 5.75 Å². The van der Waals surface area contributed by atoms with Crippen LogP contribution in [0, 0.1) is 0 Å². The van der Waals surface area contributed by atoms with E-state index >= 15 is 0 Å². The maximum atomic E-state index is 12.3. The molecule has 2 aromatic carbocycles. The molecule has 0 aromatic heterocycles. The van der Waals surface area contributed by atoms with Gasteiger partial charge in [0.05, 0.1) is 12.2 Å². The summed E-state index contributed by atoms with van der Waals surface area (Å²) in [5, 5.41) is 5.52. The van der Waals surface area contributed by atoms with Crippen molar-refractivity contribution in [2.45, 2.75) is 6.92 Å². The summed E-state index contributed by atoms with van der Waals surface area (Å²) in [5.41, 5.74) is 6.51. The van der Waals surface area contributed by atoms with Gasteiger partial charge in [-0.2, -0.15) is 0 Å². The lowest BCUT2D eigenvalue weighted by molar-refractivity contribution is 0.0971. The van der Waals surface area contributed by atoms with Crippen molar-refractivity contribution in [2.24, 2.45) is 5.73 Å². The number of primary amides is 1. The molecule has 24 heavy (non-hydrogen) atoms. The van der Waals surface area contributed by atoms with Crippen molar-refractivity contribution in [3.05, 3.63) is 59.7 Å². The van der Waals surface area contributed by atoms with Crippen LogP contribution in [0.4, 0.5) is 5.69 Å². The van der Waals surface area contributed by atoms with Gasteiger partial charge in [0.2, 0.25) is 5.91 Å². The fourth-order valence-electron chi connectivity index (χ4n) is 2.02. The van der Waals surface area contributed by atoms with E-state index in [0.717, 1.165) is 0 Å². The maximum Gasteiger partial charge on any atom is 0.261 e. The molecule has 0 spiro atoms. The molecule has 4 N–H and O–H groups in total. The van der Waals surface area contributed by atoms with E-state index in [1.54, 1.807) is 48.5 Å². The largest absolute Gasteiger partial charge is 0.493 e. The molecule has 0 heterocycles. The van der Waals surface area contributed by atoms with E-state index < -0.39 is 5.91 Å². The van der Waals surface area contributed by atoms with Crippen LogP contribution < -0.4 is 21.1 Å². The molecule has 0 bridgehead atoms. The Morgan fingerprint density at radius 2 is 1.92 bits per heavy atom. The normalized spacial score (nSPS) is 9.88. The first kappa shape index (κ1) is 17.4. The molecule has 2 aromatic rings. The lowest BCUT2D eigenvalue weighted by Crippen LogP contribution is -2.34. The van der Waals surface area contributed by atoms with Gasteiger partial charge in [0.1, 0.15) is 5.75 Å². The van der Waals surface area contributed by atoms with Crippen molar-refractivity contribution < 1.29 is 14.3 Å². The number of amides is 2. The molecule has 0 aliphatic carbocycles. The Morgan fingerprint density at radius 1 is 1.17 bits per heavy atom. The third-order valence-corrected chi connectivity index (χ3v) is 3.27. The highest BCUT2D eigenvalue weighted by Gasteiger charge is 2.13. The smallest absolute Gasteiger partial charge is 0.261 e. The van der Waals surface area contributed by atoms with Crippen LogP contribution in [-0.2, 0) is 0 Å². The summed E-state index contributed by atoms with van der Waals surface area (Å²) in [7, 11) is 0. The number of ether oxygens (including phenoxy) is 1. The van der Waals surface area contributed by atoms with Gasteiger partial charge in [-0.15, -0.1) is 0 Å². The average Bonchev–Trinajstić information content (AvgIpc) is 2.55.